The molecule has 0 radical (unpaired) electrons. The summed E-state index contributed by atoms with van der Waals surface area (Å²) < 4.78 is 11.4. The molecule has 27 heavy (non-hydrogen) atoms. The second-order valence-corrected chi connectivity index (χ2v) is 7.06. The molecule has 0 saturated heterocycles. The Morgan fingerprint density at radius 3 is 2.56 bits per heavy atom. The van der Waals surface area contributed by atoms with E-state index in [-0.39, 0.29) is 12.5 Å². The minimum atomic E-state index is -0.606. The lowest BCUT2D eigenvalue weighted by molar-refractivity contribution is -0.122. The molecule has 1 amide bonds. The average molecular weight is 404 g/mol. The summed E-state index contributed by atoms with van der Waals surface area (Å²) in [6.07, 6.45) is -0.0726. The Morgan fingerprint density at radius 2 is 1.85 bits per heavy atom. The van der Waals surface area contributed by atoms with E-state index in [1.807, 2.05) is 37.3 Å². The third kappa shape index (κ3) is 5.67. The minimum absolute atomic E-state index is 0.257. The van der Waals surface area contributed by atoms with Gasteiger partial charge in [-0.2, -0.15) is 0 Å². The molecule has 0 fully saturated rings. The van der Waals surface area contributed by atoms with Crippen LogP contribution in [0.25, 0.3) is 0 Å². The van der Waals surface area contributed by atoms with Gasteiger partial charge in [-0.3, -0.25) is 10.1 Å². The fraction of sp³-hybridized carbons (Fsp3) is 0.211. The maximum Gasteiger partial charge on any atom is 0.267 e. The van der Waals surface area contributed by atoms with Gasteiger partial charge in [-0.15, -0.1) is 10.2 Å². The van der Waals surface area contributed by atoms with Gasteiger partial charge in [0.2, 0.25) is 5.13 Å². The van der Waals surface area contributed by atoms with Gasteiger partial charge in [-0.25, -0.2) is 0 Å². The largest absolute Gasteiger partial charge is 0.486 e. The first kappa shape index (κ1) is 19.1. The van der Waals surface area contributed by atoms with E-state index < -0.39 is 6.10 Å². The Labute approximate surface area is 166 Å². The number of carbonyl (C=O) groups excluding carboxylic acids is 1. The van der Waals surface area contributed by atoms with Gasteiger partial charge in [0.1, 0.15) is 18.1 Å². The van der Waals surface area contributed by atoms with Crippen molar-refractivity contribution in [3.63, 3.8) is 0 Å². The van der Waals surface area contributed by atoms with Crippen LogP contribution < -0.4 is 14.8 Å². The zero-order chi connectivity index (χ0) is 19.1. The highest BCUT2D eigenvalue weighted by Crippen LogP contribution is 2.21. The van der Waals surface area contributed by atoms with Gasteiger partial charge >= 0.3 is 0 Å². The molecule has 6 nitrogen and oxygen atoms in total. The van der Waals surface area contributed by atoms with Gasteiger partial charge in [0.05, 0.1) is 0 Å². The number of hydrogen-bond acceptors (Lipinski definition) is 6. The molecule has 1 aromatic heterocycles. The van der Waals surface area contributed by atoms with Crippen LogP contribution in [0.1, 0.15) is 18.4 Å². The van der Waals surface area contributed by atoms with Crippen molar-refractivity contribution in [2.45, 2.75) is 26.1 Å². The summed E-state index contributed by atoms with van der Waals surface area (Å²) in [6.45, 7) is 2.14. The second-order valence-electron chi connectivity index (χ2n) is 5.56. The quantitative estimate of drug-likeness (QED) is 0.596. The van der Waals surface area contributed by atoms with Crippen LogP contribution in [0.4, 0.5) is 5.13 Å². The standard InChI is InChI=1S/C19H18ClN3O3S/c1-2-16(26-15-6-4-3-5-7-15)18(24)21-19-23-22-17(27-19)12-25-14-10-8-13(20)9-11-14/h3-11,16H,2,12H2,1H3,(H,21,23,24). The van der Waals surface area contributed by atoms with Gasteiger partial charge in [-0.1, -0.05) is 48.1 Å². The van der Waals surface area contributed by atoms with Crippen LogP contribution in [0.2, 0.25) is 5.02 Å². The third-order valence-corrected chi connectivity index (χ3v) is 4.62. The molecule has 1 atom stereocenters. The van der Waals surface area contributed by atoms with Crippen LogP contribution in [0.15, 0.2) is 54.6 Å². The number of hydrogen-bond donors (Lipinski definition) is 1. The monoisotopic (exact) mass is 403 g/mol. The topological polar surface area (TPSA) is 73.3 Å². The number of halogens is 1. The number of rotatable bonds is 8. The Balaban J connectivity index is 1.54. The molecule has 0 saturated carbocycles. The van der Waals surface area contributed by atoms with E-state index >= 15 is 0 Å². The number of para-hydroxylation sites is 1. The van der Waals surface area contributed by atoms with Gasteiger partial charge in [-0.05, 0) is 42.8 Å². The lowest BCUT2D eigenvalue weighted by atomic mass is 10.2. The smallest absolute Gasteiger partial charge is 0.267 e. The molecule has 2 aromatic carbocycles. The normalized spacial score (nSPS) is 11.6. The summed E-state index contributed by atoms with van der Waals surface area (Å²) in [6, 6.07) is 16.3. The Hall–Kier alpha value is -2.64. The Morgan fingerprint density at radius 1 is 1.11 bits per heavy atom. The van der Waals surface area contributed by atoms with Gasteiger partial charge in [0.25, 0.3) is 5.91 Å². The van der Waals surface area contributed by atoms with E-state index in [0.29, 0.717) is 33.1 Å². The maximum atomic E-state index is 12.4. The van der Waals surface area contributed by atoms with E-state index in [0.717, 1.165) is 0 Å². The van der Waals surface area contributed by atoms with Crippen molar-refractivity contribution in [3.8, 4) is 11.5 Å². The number of carbonyl (C=O) groups is 1. The van der Waals surface area contributed by atoms with Crippen molar-refractivity contribution in [1.82, 2.24) is 10.2 Å². The van der Waals surface area contributed by atoms with Crippen molar-refractivity contribution in [1.29, 1.82) is 0 Å². The zero-order valence-electron chi connectivity index (χ0n) is 14.6. The number of amides is 1. The molecular weight excluding hydrogens is 386 g/mol. The van der Waals surface area contributed by atoms with Crippen LogP contribution in [0.5, 0.6) is 11.5 Å². The van der Waals surface area contributed by atoms with Gasteiger partial charge < -0.3 is 9.47 Å². The fourth-order valence-corrected chi connectivity index (χ4v) is 2.99. The molecule has 0 aliphatic carbocycles. The first-order chi connectivity index (χ1) is 13.1. The van der Waals surface area contributed by atoms with Gasteiger partial charge in [0.15, 0.2) is 11.1 Å². The van der Waals surface area contributed by atoms with E-state index in [1.54, 1.807) is 24.3 Å². The Kier molecular flexibility index (Phi) is 6.62. The van der Waals surface area contributed by atoms with E-state index in [1.165, 1.54) is 11.3 Å². The van der Waals surface area contributed by atoms with Crippen LogP contribution >= 0.6 is 22.9 Å². The average Bonchev–Trinajstić information content (AvgIpc) is 3.13. The molecule has 0 aliphatic rings. The van der Waals surface area contributed by atoms with Crippen LogP contribution in [-0.2, 0) is 11.4 Å². The summed E-state index contributed by atoms with van der Waals surface area (Å²) in [4.78, 5) is 12.4. The summed E-state index contributed by atoms with van der Waals surface area (Å²) >= 11 is 7.10. The molecule has 0 aliphatic heterocycles. The van der Waals surface area contributed by atoms with E-state index in [4.69, 9.17) is 21.1 Å². The number of nitrogens with one attached hydrogen (secondary N) is 1. The molecule has 0 bridgehead atoms. The summed E-state index contributed by atoms with van der Waals surface area (Å²) in [5.41, 5.74) is 0. The third-order valence-electron chi connectivity index (χ3n) is 3.56. The van der Waals surface area contributed by atoms with E-state index in [2.05, 4.69) is 15.5 Å². The molecule has 1 unspecified atom stereocenters. The molecule has 3 rings (SSSR count). The predicted molar refractivity (Wildman–Crippen MR) is 105 cm³/mol. The van der Waals surface area contributed by atoms with Crippen molar-refractivity contribution in [3.05, 3.63) is 64.6 Å². The van der Waals surface area contributed by atoms with Crippen molar-refractivity contribution < 1.29 is 14.3 Å². The van der Waals surface area contributed by atoms with Crippen LogP contribution in [0.3, 0.4) is 0 Å². The second kappa shape index (κ2) is 9.34. The lowest BCUT2D eigenvalue weighted by Crippen LogP contribution is -2.32. The van der Waals surface area contributed by atoms with Gasteiger partial charge in [0, 0.05) is 5.02 Å². The number of nitrogens with zero attached hydrogens (tertiary/aromatic N) is 2. The fourth-order valence-electron chi connectivity index (χ4n) is 2.21. The first-order valence-electron chi connectivity index (χ1n) is 8.37. The highest BCUT2D eigenvalue weighted by atomic mass is 35.5. The highest BCUT2D eigenvalue weighted by Gasteiger charge is 2.20. The summed E-state index contributed by atoms with van der Waals surface area (Å²) in [5, 5.41) is 12.5. The number of benzene rings is 2. The number of ether oxygens (including phenoxy) is 2. The van der Waals surface area contributed by atoms with E-state index in [9.17, 15) is 4.79 Å². The molecule has 1 N–H and O–H groups in total. The zero-order valence-corrected chi connectivity index (χ0v) is 16.2. The molecule has 8 heteroatoms. The van der Waals surface area contributed by atoms with Crippen molar-refractivity contribution >= 4 is 34.0 Å². The molecule has 0 spiro atoms. The molecule has 1 heterocycles. The van der Waals surface area contributed by atoms with Crippen molar-refractivity contribution in [2.24, 2.45) is 0 Å². The van der Waals surface area contributed by atoms with Crippen molar-refractivity contribution in [2.75, 3.05) is 5.32 Å². The van der Waals surface area contributed by atoms with Crippen LogP contribution in [-0.4, -0.2) is 22.2 Å². The SMILES string of the molecule is CCC(Oc1ccccc1)C(=O)Nc1nnc(COc2ccc(Cl)cc2)s1. The Bertz CT molecular complexity index is 871. The maximum absolute atomic E-state index is 12.4. The van der Waals surface area contributed by atoms with Crippen LogP contribution in [0, 0.1) is 0 Å². The highest BCUT2D eigenvalue weighted by molar-refractivity contribution is 7.15. The molecular formula is C19H18ClN3O3S. The number of aromatic nitrogens is 2. The lowest BCUT2D eigenvalue weighted by Gasteiger charge is -2.16. The molecule has 3 aromatic rings. The predicted octanol–water partition coefficient (Wildman–Crippen LogP) is 4.57. The summed E-state index contributed by atoms with van der Waals surface area (Å²) in [7, 11) is 0. The number of anilines is 1. The first-order valence-corrected chi connectivity index (χ1v) is 9.57. The molecule has 140 valence electrons. The summed E-state index contributed by atoms with van der Waals surface area (Å²) in [5.74, 6) is 1.07. The minimum Gasteiger partial charge on any atom is -0.486 e.